The summed E-state index contributed by atoms with van der Waals surface area (Å²) in [5.41, 5.74) is 3.14. The summed E-state index contributed by atoms with van der Waals surface area (Å²) in [6, 6.07) is 5.61. The fourth-order valence-electron chi connectivity index (χ4n) is 5.96. The number of hydrogen-bond acceptors (Lipinski definition) is 6. The molecule has 2 aromatic heterocycles. The summed E-state index contributed by atoms with van der Waals surface area (Å²) in [6.07, 6.45) is 9.94. The minimum atomic E-state index is -3.83. The minimum absolute atomic E-state index is 0.131. The Bertz CT molecular complexity index is 1320. The van der Waals surface area contributed by atoms with Crippen molar-refractivity contribution < 1.29 is 18.3 Å². The van der Waals surface area contributed by atoms with Gasteiger partial charge in [-0.15, -0.1) is 0 Å². The number of nitrogens with zero attached hydrogens (tertiary/aromatic N) is 3. The molecule has 0 saturated carbocycles. The number of aliphatic hydroxyl groups is 1. The van der Waals surface area contributed by atoms with Gasteiger partial charge in [-0.3, -0.25) is 14.6 Å². The van der Waals surface area contributed by atoms with Crippen LogP contribution in [0.3, 0.4) is 0 Å². The fraction of sp³-hybridized carbons (Fsp3) is 0.480. The molecular weight excluding hydrogens is 468 g/mol. The van der Waals surface area contributed by atoms with Crippen molar-refractivity contribution in [3.63, 3.8) is 0 Å². The molecule has 0 bridgehead atoms. The topological polar surface area (TPSA) is 122 Å². The Morgan fingerprint density at radius 2 is 2.00 bits per heavy atom. The van der Waals surface area contributed by atoms with E-state index in [1.54, 1.807) is 23.0 Å². The van der Waals surface area contributed by atoms with Crippen LogP contribution in [-0.2, 0) is 27.8 Å². The normalized spacial score (nSPS) is 25.8. The standard InChI is InChI=1S/C25H30N4O5S/c1-35(33,34)29-22-19(14-28-21(22)7-6-18(25(28)32)17-4-2-3-5-17)20(15-30)23(29)24(31)27-13-10-16-8-11-26-12-9-16/h4,6-9,11-12,19-20,22-23,30H,2-3,5,10,13-15H2,1H3,(H,27,31)/t19-,20-,22+,23-/m1/s1. The summed E-state index contributed by atoms with van der Waals surface area (Å²) < 4.78 is 28.8. The van der Waals surface area contributed by atoms with Gasteiger partial charge in [-0.2, -0.15) is 4.31 Å². The molecule has 2 aliphatic heterocycles. The number of sulfonamides is 1. The van der Waals surface area contributed by atoms with Gasteiger partial charge in [0.15, 0.2) is 0 Å². The van der Waals surface area contributed by atoms with Crippen LogP contribution in [-0.4, -0.2) is 58.7 Å². The highest BCUT2D eigenvalue weighted by molar-refractivity contribution is 7.88. The third-order valence-electron chi connectivity index (χ3n) is 7.53. The Morgan fingerprint density at radius 1 is 1.23 bits per heavy atom. The van der Waals surface area contributed by atoms with Crippen molar-refractivity contribution in [1.82, 2.24) is 19.2 Å². The Labute approximate surface area is 204 Å². The molecule has 5 rings (SSSR count). The Hall–Kier alpha value is -2.82. The van der Waals surface area contributed by atoms with Crippen LogP contribution in [0, 0.1) is 11.8 Å². The molecule has 0 aromatic carbocycles. The lowest BCUT2D eigenvalue weighted by Crippen LogP contribution is -2.50. The first-order chi connectivity index (χ1) is 16.8. The second-order valence-electron chi connectivity index (χ2n) is 9.60. The molecule has 3 aliphatic rings. The Balaban J connectivity index is 1.45. The zero-order chi connectivity index (χ0) is 24.7. The van der Waals surface area contributed by atoms with Crippen molar-refractivity contribution in [2.24, 2.45) is 11.8 Å². The summed E-state index contributed by atoms with van der Waals surface area (Å²) in [7, 11) is -3.83. The molecule has 2 aromatic rings. The van der Waals surface area contributed by atoms with E-state index in [0.717, 1.165) is 36.7 Å². The highest BCUT2D eigenvalue weighted by atomic mass is 32.2. The van der Waals surface area contributed by atoms with Crippen LogP contribution >= 0.6 is 0 Å². The van der Waals surface area contributed by atoms with E-state index < -0.39 is 33.9 Å². The molecular formula is C25H30N4O5S. The average molecular weight is 499 g/mol. The molecule has 2 N–H and O–H groups in total. The molecule has 1 saturated heterocycles. The highest BCUT2D eigenvalue weighted by Crippen LogP contribution is 2.50. The summed E-state index contributed by atoms with van der Waals surface area (Å²) in [6.45, 7) is 0.257. The van der Waals surface area contributed by atoms with Crippen molar-refractivity contribution >= 4 is 21.5 Å². The second-order valence-corrected chi connectivity index (χ2v) is 11.5. The van der Waals surface area contributed by atoms with Crippen LogP contribution in [0.15, 0.2) is 47.5 Å². The molecule has 4 atom stereocenters. The lowest BCUT2D eigenvalue weighted by atomic mass is 9.88. The molecule has 1 aliphatic carbocycles. The minimum Gasteiger partial charge on any atom is -0.396 e. The predicted octanol–water partition coefficient (Wildman–Crippen LogP) is 1.09. The van der Waals surface area contributed by atoms with E-state index >= 15 is 0 Å². The lowest BCUT2D eigenvalue weighted by Gasteiger charge is -2.28. The first-order valence-electron chi connectivity index (χ1n) is 12.0. The van der Waals surface area contributed by atoms with Crippen molar-refractivity contribution in [3.8, 4) is 0 Å². The van der Waals surface area contributed by atoms with Gasteiger partial charge in [-0.1, -0.05) is 6.08 Å². The summed E-state index contributed by atoms with van der Waals surface area (Å²) in [4.78, 5) is 30.6. The molecule has 35 heavy (non-hydrogen) atoms. The summed E-state index contributed by atoms with van der Waals surface area (Å²) in [5, 5.41) is 13.1. The molecule has 0 spiro atoms. The number of carbonyl (C=O) groups excluding carboxylic acids is 1. The lowest BCUT2D eigenvalue weighted by molar-refractivity contribution is -0.126. The largest absolute Gasteiger partial charge is 0.396 e. The second kappa shape index (κ2) is 9.33. The average Bonchev–Trinajstić information content (AvgIpc) is 3.54. The quantitative estimate of drug-likeness (QED) is 0.590. The smallest absolute Gasteiger partial charge is 0.258 e. The van der Waals surface area contributed by atoms with E-state index in [-0.39, 0.29) is 24.6 Å². The van der Waals surface area contributed by atoms with Crippen molar-refractivity contribution in [2.45, 2.75) is 44.3 Å². The van der Waals surface area contributed by atoms with Gasteiger partial charge < -0.3 is 15.0 Å². The Morgan fingerprint density at radius 3 is 2.66 bits per heavy atom. The summed E-state index contributed by atoms with van der Waals surface area (Å²) >= 11 is 0. The van der Waals surface area contributed by atoms with Crippen LogP contribution in [0.5, 0.6) is 0 Å². The van der Waals surface area contributed by atoms with E-state index in [9.17, 15) is 23.1 Å². The number of allylic oxidation sites excluding steroid dienone is 2. The number of aliphatic hydroxyl groups excluding tert-OH is 1. The summed E-state index contributed by atoms with van der Waals surface area (Å²) in [5.74, 6) is -1.42. The van der Waals surface area contributed by atoms with Crippen molar-refractivity contribution in [2.75, 3.05) is 19.4 Å². The van der Waals surface area contributed by atoms with Gasteiger partial charge in [0.2, 0.25) is 15.9 Å². The van der Waals surface area contributed by atoms with Crippen molar-refractivity contribution in [1.29, 1.82) is 0 Å². The Kier molecular flexibility index (Phi) is 6.37. The van der Waals surface area contributed by atoms with Gasteiger partial charge in [0, 0.05) is 55.2 Å². The molecule has 0 unspecified atom stereocenters. The molecule has 1 fully saturated rings. The first-order valence-corrected chi connectivity index (χ1v) is 13.8. The third-order valence-corrected chi connectivity index (χ3v) is 8.75. The molecule has 0 radical (unpaired) electrons. The number of rotatable bonds is 7. The maximum atomic E-state index is 13.3. The van der Waals surface area contributed by atoms with E-state index in [1.807, 2.05) is 18.2 Å². The van der Waals surface area contributed by atoms with Crippen LogP contribution in [0.4, 0.5) is 0 Å². The molecule has 186 valence electrons. The number of fused-ring (bicyclic) bond motifs is 3. The van der Waals surface area contributed by atoms with Crippen LogP contribution in [0.1, 0.15) is 42.1 Å². The first kappa shape index (κ1) is 23.9. The van der Waals surface area contributed by atoms with E-state index in [1.165, 1.54) is 4.31 Å². The number of hydrogen-bond donors (Lipinski definition) is 2. The fourth-order valence-corrected chi connectivity index (χ4v) is 7.30. The van der Waals surface area contributed by atoms with Gasteiger partial charge in [0.1, 0.15) is 6.04 Å². The zero-order valence-corrected chi connectivity index (χ0v) is 20.4. The molecule has 1 amide bonds. The maximum absolute atomic E-state index is 13.3. The number of amides is 1. The van der Waals surface area contributed by atoms with Crippen LogP contribution in [0.25, 0.3) is 5.57 Å². The van der Waals surface area contributed by atoms with Gasteiger partial charge in [-0.05, 0) is 61.1 Å². The number of nitrogens with one attached hydrogen (secondary N) is 1. The molecule has 10 heteroatoms. The maximum Gasteiger partial charge on any atom is 0.258 e. The number of carbonyl (C=O) groups is 1. The SMILES string of the molecule is CS(=O)(=O)N1[C@@H]2c3ccc(C4=CCCC4)c(=O)n3C[C@@H]2[C@@H](CO)[C@@H]1C(=O)NCCc1ccncc1. The number of pyridine rings is 2. The predicted molar refractivity (Wildman–Crippen MR) is 131 cm³/mol. The van der Waals surface area contributed by atoms with E-state index in [0.29, 0.717) is 24.2 Å². The molecule has 9 nitrogen and oxygen atoms in total. The van der Waals surface area contributed by atoms with Gasteiger partial charge in [0.05, 0.1) is 12.3 Å². The monoisotopic (exact) mass is 498 g/mol. The van der Waals surface area contributed by atoms with Crippen molar-refractivity contribution in [3.05, 3.63) is 69.9 Å². The van der Waals surface area contributed by atoms with Crippen LogP contribution in [0.2, 0.25) is 0 Å². The third kappa shape index (κ3) is 4.23. The van der Waals surface area contributed by atoms with E-state index in [2.05, 4.69) is 16.4 Å². The number of aromatic nitrogens is 2. The highest BCUT2D eigenvalue weighted by Gasteiger charge is 2.58. The van der Waals surface area contributed by atoms with Gasteiger partial charge >= 0.3 is 0 Å². The zero-order valence-electron chi connectivity index (χ0n) is 19.6. The van der Waals surface area contributed by atoms with Gasteiger partial charge in [-0.25, -0.2) is 8.42 Å². The van der Waals surface area contributed by atoms with E-state index in [4.69, 9.17) is 0 Å². The van der Waals surface area contributed by atoms with Gasteiger partial charge in [0.25, 0.3) is 5.56 Å². The van der Waals surface area contributed by atoms with Crippen LogP contribution < -0.4 is 10.9 Å². The molecule has 4 heterocycles.